The minimum Gasteiger partial charge on any atom is -0.457 e. The van der Waals surface area contributed by atoms with Crippen LogP contribution >= 0.6 is 31.9 Å². The molecule has 0 aliphatic carbocycles. The molecule has 5 heteroatoms. The van der Waals surface area contributed by atoms with Crippen LogP contribution in [-0.4, -0.2) is 6.54 Å². The number of hydrogen-bond donors (Lipinski definition) is 1. The Kier molecular flexibility index (Phi) is 5.19. The van der Waals surface area contributed by atoms with Crippen LogP contribution < -0.4 is 5.32 Å². The lowest BCUT2D eigenvalue weighted by molar-refractivity contribution is 0.505. The third kappa shape index (κ3) is 3.68. The van der Waals surface area contributed by atoms with Crippen LogP contribution in [0.25, 0.3) is 0 Å². The first-order valence-corrected chi connectivity index (χ1v) is 7.60. The fourth-order valence-corrected chi connectivity index (χ4v) is 2.94. The first-order valence-electron chi connectivity index (χ1n) is 6.02. The van der Waals surface area contributed by atoms with E-state index >= 15 is 0 Å². The molecular weight excluding hydrogens is 377 g/mol. The SMILES string of the molecule is CCNC(Cc1cc(F)ccc1Br)c1ccoc1Br. The standard InChI is InChI=1S/C14H14Br2FNO/c1-2-18-13(11-5-6-19-14(11)16)8-9-7-10(17)3-4-12(9)15/h3-7,13,18H,2,8H2,1H3. The van der Waals surface area contributed by atoms with Gasteiger partial charge in [-0.1, -0.05) is 22.9 Å². The summed E-state index contributed by atoms with van der Waals surface area (Å²) in [5.74, 6) is -0.222. The molecule has 1 unspecified atom stereocenters. The predicted molar refractivity (Wildman–Crippen MR) is 80.6 cm³/mol. The normalized spacial score (nSPS) is 12.6. The Labute approximate surface area is 128 Å². The van der Waals surface area contributed by atoms with E-state index in [-0.39, 0.29) is 11.9 Å². The lowest BCUT2D eigenvalue weighted by Crippen LogP contribution is -2.23. The van der Waals surface area contributed by atoms with Crippen LogP contribution in [0.4, 0.5) is 4.39 Å². The first-order chi connectivity index (χ1) is 9.11. The van der Waals surface area contributed by atoms with Gasteiger partial charge in [0.2, 0.25) is 0 Å². The topological polar surface area (TPSA) is 25.2 Å². The number of halogens is 3. The Morgan fingerprint density at radius 2 is 2.11 bits per heavy atom. The summed E-state index contributed by atoms with van der Waals surface area (Å²) in [4.78, 5) is 0. The second kappa shape index (κ2) is 6.68. The molecule has 1 N–H and O–H groups in total. The minimum absolute atomic E-state index is 0.0798. The third-order valence-corrected chi connectivity index (χ3v) is 4.32. The maximum atomic E-state index is 13.3. The third-order valence-electron chi connectivity index (χ3n) is 2.90. The van der Waals surface area contributed by atoms with Crippen molar-refractivity contribution in [3.8, 4) is 0 Å². The predicted octanol–water partition coefficient (Wildman–Crippen LogP) is 4.84. The van der Waals surface area contributed by atoms with Crippen molar-refractivity contribution in [2.45, 2.75) is 19.4 Å². The van der Waals surface area contributed by atoms with E-state index in [0.717, 1.165) is 22.1 Å². The van der Waals surface area contributed by atoms with Crippen LogP contribution in [0.5, 0.6) is 0 Å². The zero-order valence-electron chi connectivity index (χ0n) is 10.4. The summed E-state index contributed by atoms with van der Waals surface area (Å²) in [5, 5.41) is 3.39. The molecule has 1 atom stereocenters. The van der Waals surface area contributed by atoms with Gasteiger partial charge in [-0.05, 0) is 58.7 Å². The van der Waals surface area contributed by atoms with Crippen LogP contribution in [0.2, 0.25) is 0 Å². The molecule has 0 aliphatic heterocycles. The Morgan fingerprint density at radius 1 is 1.32 bits per heavy atom. The lowest BCUT2D eigenvalue weighted by Gasteiger charge is -2.18. The van der Waals surface area contributed by atoms with Crippen molar-refractivity contribution in [3.63, 3.8) is 0 Å². The van der Waals surface area contributed by atoms with Crippen molar-refractivity contribution in [1.29, 1.82) is 0 Å². The summed E-state index contributed by atoms with van der Waals surface area (Å²) in [6.45, 7) is 2.87. The van der Waals surface area contributed by atoms with Gasteiger partial charge in [0.15, 0.2) is 4.67 Å². The summed E-state index contributed by atoms with van der Waals surface area (Å²) < 4.78 is 20.2. The van der Waals surface area contributed by atoms with Crippen molar-refractivity contribution >= 4 is 31.9 Å². The van der Waals surface area contributed by atoms with E-state index in [0.29, 0.717) is 11.1 Å². The number of benzene rings is 1. The molecule has 0 saturated carbocycles. The van der Waals surface area contributed by atoms with E-state index in [2.05, 4.69) is 37.2 Å². The van der Waals surface area contributed by atoms with Gasteiger partial charge in [0.25, 0.3) is 0 Å². The maximum absolute atomic E-state index is 13.3. The molecule has 1 aromatic heterocycles. The average molecular weight is 391 g/mol. The van der Waals surface area contributed by atoms with Crippen molar-refractivity contribution in [2.24, 2.45) is 0 Å². The monoisotopic (exact) mass is 389 g/mol. The number of likely N-dealkylation sites (N-methyl/N-ethyl adjacent to an activating group) is 1. The zero-order valence-corrected chi connectivity index (χ0v) is 13.6. The first kappa shape index (κ1) is 14.8. The maximum Gasteiger partial charge on any atom is 0.173 e. The van der Waals surface area contributed by atoms with Gasteiger partial charge in [0.05, 0.1) is 6.26 Å². The fourth-order valence-electron chi connectivity index (χ4n) is 2.01. The Morgan fingerprint density at radius 3 is 2.74 bits per heavy atom. The van der Waals surface area contributed by atoms with Gasteiger partial charge in [-0.3, -0.25) is 0 Å². The number of nitrogens with one attached hydrogen (secondary N) is 1. The molecule has 0 saturated heterocycles. The van der Waals surface area contributed by atoms with Crippen LogP contribution in [0.1, 0.15) is 24.1 Å². The summed E-state index contributed by atoms with van der Waals surface area (Å²) in [5.41, 5.74) is 1.97. The second-order valence-electron chi connectivity index (χ2n) is 4.20. The lowest BCUT2D eigenvalue weighted by atomic mass is 10.0. The minimum atomic E-state index is -0.222. The Hall–Kier alpha value is -0.650. The molecule has 0 radical (unpaired) electrons. The van der Waals surface area contributed by atoms with E-state index in [1.807, 2.05) is 13.0 Å². The number of rotatable bonds is 5. The van der Waals surface area contributed by atoms with E-state index in [4.69, 9.17) is 4.42 Å². The second-order valence-corrected chi connectivity index (χ2v) is 5.77. The molecule has 0 spiro atoms. The van der Waals surface area contributed by atoms with Gasteiger partial charge in [0.1, 0.15) is 5.82 Å². The van der Waals surface area contributed by atoms with Crippen molar-refractivity contribution in [3.05, 3.63) is 56.6 Å². The molecule has 0 fully saturated rings. The summed E-state index contributed by atoms with van der Waals surface area (Å²) in [6.07, 6.45) is 2.33. The van der Waals surface area contributed by atoms with Crippen molar-refractivity contribution in [2.75, 3.05) is 6.54 Å². The highest BCUT2D eigenvalue weighted by molar-refractivity contribution is 9.10. The largest absolute Gasteiger partial charge is 0.457 e. The molecule has 1 heterocycles. The van der Waals surface area contributed by atoms with Crippen LogP contribution in [0, 0.1) is 5.82 Å². The quantitative estimate of drug-likeness (QED) is 0.790. The van der Waals surface area contributed by atoms with E-state index in [1.165, 1.54) is 6.07 Å². The van der Waals surface area contributed by atoms with Gasteiger partial charge >= 0.3 is 0 Å². The van der Waals surface area contributed by atoms with E-state index in [9.17, 15) is 4.39 Å². The highest BCUT2D eigenvalue weighted by Gasteiger charge is 2.17. The smallest absolute Gasteiger partial charge is 0.173 e. The molecule has 0 amide bonds. The van der Waals surface area contributed by atoms with E-state index in [1.54, 1.807) is 18.4 Å². The molecule has 19 heavy (non-hydrogen) atoms. The van der Waals surface area contributed by atoms with E-state index < -0.39 is 0 Å². The average Bonchev–Trinajstić information content (AvgIpc) is 2.79. The summed E-state index contributed by atoms with van der Waals surface area (Å²) in [6, 6.07) is 6.74. The number of hydrogen-bond acceptors (Lipinski definition) is 2. The van der Waals surface area contributed by atoms with Crippen LogP contribution in [-0.2, 0) is 6.42 Å². The zero-order chi connectivity index (χ0) is 13.8. The molecule has 1 aromatic carbocycles. The fraction of sp³-hybridized carbons (Fsp3) is 0.286. The Balaban J connectivity index is 2.26. The summed E-state index contributed by atoms with van der Waals surface area (Å²) in [7, 11) is 0. The van der Waals surface area contributed by atoms with Crippen LogP contribution in [0.3, 0.4) is 0 Å². The van der Waals surface area contributed by atoms with Gasteiger partial charge in [-0.2, -0.15) is 0 Å². The number of furan rings is 1. The molecular formula is C14H14Br2FNO. The van der Waals surface area contributed by atoms with Crippen LogP contribution in [0.15, 0.2) is 44.1 Å². The molecule has 2 rings (SSSR count). The van der Waals surface area contributed by atoms with Gasteiger partial charge in [0, 0.05) is 16.1 Å². The molecule has 0 bridgehead atoms. The van der Waals surface area contributed by atoms with Gasteiger partial charge < -0.3 is 9.73 Å². The van der Waals surface area contributed by atoms with Gasteiger partial charge in [-0.15, -0.1) is 0 Å². The highest BCUT2D eigenvalue weighted by Crippen LogP contribution is 2.29. The molecule has 2 aromatic rings. The molecule has 102 valence electrons. The molecule has 2 nitrogen and oxygen atoms in total. The van der Waals surface area contributed by atoms with Crippen molar-refractivity contribution < 1.29 is 8.81 Å². The van der Waals surface area contributed by atoms with Crippen molar-refractivity contribution in [1.82, 2.24) is 5.32 Å². The summed E-state index contributed by atoms with van der Waals surface area (Å²) >= 11 is 6.85. The highest BCUT2D eigenvalue weighted by atomic mass is 79.9. The molecule has 0 aliphatic rings. The Bertz CT molecular complexity index is 556. The van der Waals surface area contributed by atoms with Gasteiger partial charge in [-0.25, -0.2) is 4.39 Å².